The average Bonchev–Trinajstić information content (AvgIpc) is 3.53. The smallest absolute Gasteiger partial charge is 0.239 e. The summed E-state index contributed by atoms with van der Waals surface area (Å²) in [6, 6.07) is 2.89. The molecule has 6 N–H and O–H groups in total. The van der Waals surface area contributed by atoms with E-state index in [2.05, 4.69) is 29.9 Å². The number of H-pyrrole nitrogens is 6. The molecule has 0 amide bonds. The molecule has 0 spiro atoms. The fourth-order valence-electron chi connectivity index (χ4n) is 1.83. The molecule has 30 heavy (non-hydrogen) atoms. The van der Waals surface area contributed by atoms with Crippen molar-refractivity contribution in [1.82, 2.24) is 15.0 Å². The molecule has 0 fully saturated rings. The summed E-state index contributed by atoms with van der Waals surface area (Å²) in [4.78, 5) is 48.4. The van der Waals surface area contributed by atoms with E-state index in [4.69, 9.17) is 0 Å². The summed E-state index contributed by atoms with van der Waals surface area (Å²) in [7, 11) is 0. The lowest BCUT2D eigenvalue weighted by atomic mass is 10.0. The first-order chi connectivity index (χ1) is 14.4. The highest BCUT2D eigenvalue weighted by Gasteiger charge is 2.10. The maximum Gasteiger partial charge on any atom is 0.239 e. The highest BCUT2D eigenvalue weighted by atomic mass is 16.4. The van der Waals surface area contributed by atoms with Crippen molar-refractivity contribution in [1.29, 1.82) is 0 Å². The number of nitrogens with one attached hydrogen (secondary N) is 6. The monoisotopic (exact) mass is 414 g/mol. The molecule has 0 aliphatic rings. The molecule has 0 aliphatic heterocycles. The molecule has 0 atom stereocenters. The first-order valence-electron chi connectivity index (χ1n) is 8.18. The maximum atomic E-state index is 10.6. The van der Waals surface area contributed by atoms with Crippen molar-refractivity contribution in [2.75, 3.05) is 0 Å². The number of aromatic carboxylic acids is 3. The van der Waals surface area contributed by atoms with Crippen molar-refractivity contribution in [2.24, 2.45) is 0 Å². The second-order valence-corrected chi connectivity index (χ2v) is 5.02. The van der Waals surface area contributed by atoms with E-state index in [9.17, 15) is 29.7 Å². The highest BCUT2D eigenvalue weighted by Crippen LogP contribution is 2.13. The van der Waals surface area contributed by atoms with E-state index in [0.717, 1.165) is 18.2 Å². The van der Waals surface area contributed by atoms with Gasteiger partial charge in [0.25, 0.3) is 0 Å². The summed E-state index contributed by atoms with van der Waals surface area (Å²) < 4.78 is 0. The van der Waals surface area contributed by atoms with Gasteiger partial charge in [-0.2, -0.15) is 0 Å². The lowest BCUT2D eigenvalue weighted by molar-refractivity contribution is -0.376. The fourth-order valence-corrected chi connectivity index (χ4v) is 1.83. The summed E-state index contributed by atoms with van der Waals surface area (Å²) >= 11 is 0. The molecule has 4 aromatic rings. The quantitative estimate of drug-likeness (QED) is 0.306. The number of imidazole rings is 3. The predicted molar refractivity (Wildman–Crippen MR) is 91.5 cm³/mol. The van der Waals surface area contributed by atoms with Crippen molar-refractivity contribution >= 4 is 17.9 Å². The Balaban J connectivity index is 0.000000240. The fraction of sp³-hybridized carbons (Fsp3) is 0. The molecule has 0 bridgehead atoms. The second kappa shape index (κ2) is 13.4. The van der Waals surface area contributed by atoms with Gasteiger partial charge in [0.15, 0.2) is 0 Å². The van der Waals surface area contributed by atoms with Gasteiger partial charge in [-0.15, -0.1) is 0 Å². The van der Waals surface area contributed by atoms with Crippen molar-refractivity contribution in [3.05, 3.63) is 91.1 Å². The van der Waals surface area contributed by atoms with Gasteiger partial charge in [0, 0.05) is 16.7 Å². The van der Waals surface area contributed by atoms with Gasteiger partial charge in [-0.25, -0.2) is 0 Å². The first-order valence-corrected chi connectivity index (χ1v) is 8.18. The van der Waals surface area contributed by atoms with Gasteiger partial charge in [0.05, 0.1) is 17.9 Å². The van der Waals surface area contributed by atoms with Crippen LogP contribution in [0.1, 0.15) is 31.1 Å². The molecule has 0 aliphatic carbocycles. The normalized spacial score (nSPS) is 8.80. The van der Waals surface area contributed by atoms with Crippen LogP contribution in [-0.2, 0) is 0 Å². The Morgan fingerprint density at radius 3 is 1.17 bits per heavy atom. The molecule has 3 aromatic heterocycles. The van der Waals surface area contributed by atoms with Crippen molar-refractivity contribution < 1.29 is 44.7 Å². The van der Waals surface area contributed by atoms with Crippen molar-refractivity contribution in [3.63, 3.8) is 0 Å². The Labute approximate surface area is 169 Å². The molecule has 0 saturated heterocycles. The second-order valence-electron chi connectivity index (χ2n) is 5.02. The van der Waals surface area contributed by atoms with Crippen LogP contribution in [0.2, 0.25) is 0 Å². The average molecular weight is 414 g/mol. The maximum absolute atomic E-state index is 10.6. The van der Waals surface area contributed by atoms with E-state index < -0.39 is 34.6 Å². The van der Waals surface area contributed by atoms with Gasteiger partial charge in [0.1, 0.15) is 37.2 Å². The van der Waals surface area contributed by atoms with Crippen LogP contribution >= 0.6 is 0 Å². The highest BCUT2D eigenvalue weighted by molar-refractivity contribution is 6.07. The minimum atomic E-state index is -1.91. The molecule has 0 unspecified atom stereocenters. The third-order valence-corrected chi connectivity index (χ3v) is 3.04. The summed E-state index contributed by atoms with van der Waals surface area (Å²) in [6.45, 7) is 0. The van der Waals surface area contributed by atoms with E-state index in [1.165, 1.54) is 0 Å². The Morgan fingerprint density at radius 1 is 0.633 bits per heavy atom. The number of carboxylic acids is 3. The third-order valence-electron chi connectivity index (χ3n) is 3.04. The van der Waals surface area contributed by atoms with Gasteiger partial charge < -0.3 is 29.7 Å². The zero-order valence-electron chi connectivity index (χ0n) is 15.4. The number of carbonyl (C=O) groups excluding carboxylic acids is 3. The molecule has 1 aromatic carbocycles. The number of carbonyl (C=O) groups is 3. The zero-order valence-corrected chi connectivity index (χ0v) is 15.4. The number of rotatable bonds is 3. The third kappa shape index (κ3) is 8.77. The van der Waals surface area contributed by atoms with E-state index in [0.29, 0.717) is 0 Å². The van der Waals surface area contributed by atoms with Crippen LogP contribution in [-0.4, -0.2) is 32.9 Å². The molecular weight excluding hydrogens is 396 g/mol. The van der Waals surface area contributed by atoms with E-state index in [-0.39, 0.29) is 0 Å². The van der Waals surface area contributed by atoms with Crippen molar-refractivity contribution in [2.45, 2.75) is 0 Å². The lowest BCUT2D eigenvalue weighted by Gasteiger charge is -2.16. The number of hydrogen-bond donors (Lipinski definition) is 3. The summed E-state index contributed by atoms with van der Waals surface area (Å²) in [6.07, 6.45) is 16.2. The Kier molecular flexibility index (Phi) is 10.4. The molecule has 4 rings (SSSR count). The molecular formula is C18H18N6O6. The van der Waals surface area contributed by atoms with Crippen LogP contribution in [0, 0.1) is 0 Å². The van der Waals surface area contributed by atoms with Gasteiger partial charge in [-0.1, -0.05) is 18.2 Å². The lowest BCUT2D eigenvalue weighted by Crippen LogP contribution is -2.34. The molecule has 3 heterocycles. The zero-order chi connectivity index (χ0) is 22.2. The Bertz CT molecular complexity index is 838. The summed E-state index contributed by atoms with van der Waals surface area (Å²) in [5, 5.41) is 31.5. The van der Waals surface area contributed by atoms with Crippen LogP contribution in [0.15, 0.2) is 74.4 Å². The van der Waals surface area contributed by atoms with Gasteiger partial charge in [0.2, 0.25) is 19.0 Å². The number of carboxylic acid groups (broad SMARTS) is 3. The minimum Gasteiger partial charge on any atom is -0.545 e. The van der Waals surface area contributed by atoms with Gasteiger partial charge in [-0.3, -0.25) is 29.9 Å². The van der Waals surface area contributed by atoms with E-state index >= 15 is 0 Å². The molecule has 12 heteroatoms. The topological polar surface area (TPSA) is 210 Å². The van der Waals surface area contributed by atoms with Crippen LogP contribution < -0.4 is 30.3 Å². The summed E-state index contributed by atoms with van der Waals surface area (Å²) in [5.41, 5.74) is -2.45. The number of aromatic nitrogens is 6. The summed E-state index contributed by atoms with van der Waals surface area (Å²) in [5.74, 6) is -5.50. The Hall–Kier alpha value is -4.74. The van der Waals surface area contributed by atoms with Crippen LogP contribution in [0.4, 0.5) is 0 Å². The Morgan fingerprint density at radius 2 is 1.00 bits per heavy atom. The molecule has 156 valence electrons. The molecule has 0 saturated carbocycles. The number of hydrogen-bond acceptors (Lipinski definition) is 6. The SMILES string of the molecule is O=C([O-])c1cccc(C(=O)[O-])c1C(=O)[O-].c1c[nH+]c[nH]1.c1c[nH+]c[nH]1.c1c[nH+]c[nH]1. The minimum absolute atomic E-state index is 0.753. The standard InChI is InChI=1S/C9H6O6.3C3H4N2/c10-7(11)4-2-1-3-5(8(12)13)6(4)9(14)15;3*1-2-5-3-4-1/h1-3H,(H,10,11)(H,12,13)(H,14,15);3*1-3H,(H,4,5). The largest absolute Gasteiger partial charge is 0.545 e. The van der Waals surface area contributed by atoms with Gasteiger partial charge in [-0.05, 0) is 0 Å². The molecule has 12 nitrogen and oxygen atoms in total. The van der Waals surface area contributed by atoms with Gasteiger partial charge >= 0.3 is 0 Å². The van der Waals surface area contributed by atoms with Crippen LogP contribution in [0.5, 0.6) is 0 Å². The molecule has 0 radical (unpaired) electrons. The van der Waals surface area contributed by atoms with Crippen LogP contribution in [0.25, 0.3) is 0 Å². The first kappa shape index (κ1) is 23.3. The van der Waals surface area contributed by atoms with E-state index in [1.54, 1.807) is 19.0 Å². The number of aromatic amines is 6. The van der Waals surface area contributed by atoms with Crippen molar-refractivity contribution in [3.8, 4) is 0 Å². The van der Waals surface area contributed by atoms with E-state index in [1.807, 2.05) is 37.2 Å². The van der Waals surface area contributed by atoms with Crippen LogP contribution in [0.3, 0.4) is 0 Å². The number of benzene rings is 1. The predicted octanol–water partition coefficient (Wildman–Crippen LogP) is -3.74.